The van der Waals surface area contributed by atoms with Gasteiger partial charge in [0.1, 0.15) is 0 Å². The molecule has 1 saturated heterocycles. The number of carbonyl (C=O) groups excluding carboxylic acids is 2. The van der Waals surface area contributed by atoms with Gasteiger partial charge in [-0.25, -0.2) is 0 Å². The van der Waals surface area contributed by atoms with Gasteiger partial charge in [0.25, 0.3) is 0 Å². The quantitative estimate of drug-likeness (QED) is 0.754. The number of imide groups is 1. The molecule has 1 atom stereocenters. The molecule has 0 radical (unpaired) electrons. The number of carbonyl (C=O) groups is 2. The first kappa shape index (κ1) is 12.8. The van der Waals surface area contributed by atoms with Crippen molar-refractivity contribution in [2.24, 2.45) is 0 Å². The average molecular weight is 250 g/mol. The molecule has 0 aromatic carbocycles. The van der Waals surface area contributed by atoms with Crippen LogP contribution in [0.15, 0.2) is 0 Å². The van der Waals surface area contributed by atoms with Crippen molar-refractivity contribution in [1.82, 2.24) is 20.4 Å². The minimum Gasteiger partial charge on any atom is -0.302 e. The maximum Gasteiger partial charge on any atom is 0.246 e. The number of nitrogens with one attached hydrogen (secondary N) is 2. The third-order valence-corrected chi connectivity index (χ3v) is 3.46. The van der Waals surface area contributed by atoms with Crippen molar-refractivity contribution in [2.45, 2.75) is 39.3 Å². The zero-order valence-electron chi connectivity index (χ0n) is 10.9. The van der Waals surface area contributed by atoms with Gasteiger partial charge in [-0.05, 0) is 20.3 Å². The number of likely N-dealkylation sites (tertiary alicyclic amines) is 1. The summed E-state index contributed by atoms with van der Waals surface area (Å²) in [7, 11) is 1.53. The lowest BCUT2D eigenvalue weighted by Crippen LogP contribution is -2.51. The highest BCUT2D eigenvalue weighted by Gasteiger charge is 2.31. The number of aromatic nitrogens is 2. The zero-order chi connectivity index (χ0) is 13.3. The number of rotatable bonds is 3. The lowest BCUT2D eigenvalue weighted by molar-refractivity contribution is -0.148. The van der Waals surface area contributed by atoms with Gasteiger partial charge in [0.15, 0.2) is 0 Å². The number of hydrogen-bond donors (Lipinski definition) is 2. The minimum atomic E-state index is -0.276. The van der Waals surface area contributed by atoms with E-state index in [1.165, 1.54) is 11.9 Å². The van der Waals surface area contributed by atoms with Crippen LogP contribution in [0.4, 0.5) is 0 Å². The van der Waals surface area contributed by atoms with Crippen LogP contribution in [0.25, 0.3) is 0 Å². The van der Waals surface area contributed by atoms with E-state index in [0.29, 0.717) is 19.4 Å². The predicted molar refractivity (Wildman–Crippen MR) is 65.7 cm³/mol. The lowest BCUT2D eigenvalue weighted by atomic mass is 10.0. The number of likely N-dealkylation sites (N-methyl/N-ethyl adjacent to an activating group) is 1. The molecule has 6 nitrogen and oxygen atoms in total. The minimum absolute atomic E-state index is 0.103. The summed E-state index contributed by atoms with van der Waals surface area (Å²) in [5, 5.41) is 10.2. The van der Waals surface area contributed by atoms with E-state index < -0.39 is 0 Å². The molecule has 0 bridgehead atoms. The van der Waals surface area contributed by atoms with Crippen LogP contribution in [0.1, 0.15) is 29.8 Å². The standard InChI is InChI=1S/C12H18N4O2/c1-7-9(8(2)15-14-7)6-13-10-4-5-11(17)16(3)12(10)18/h10,13H,4-6H2,1-3H3,(H,14,15). The number of aryl methyl sites for hydroxylation is 2. The molecular weight excluding hydrogens is 232 g/mol. The van der Waals surface area contributed by atoms with Crippen molar-refractivity contribution in [3.8, 4) is 0 Å². The van der Waals surface area contributed by atoms with E-state index >= 15 is 0 Å². The van der Waals surface area contributed by atoms with Gasteiger partial charge in [-0.3, -0.25) is 19.6 Å². The molecule has 98 valence electrons. The zero-order valence-corrected chi connectivity index (χ0v) is 10.9. The number of piperidine rings is 1. The van der Waals surface area contributed by atoms with Crippen LogP contribution in [0.3, 0.4) is 0 Å². The summed E-state index contributed by atoms with van der Waals surface area (Å²) in [4.78, 5) is 24.4. The molecule has 1 aliphatic heterocycles. The SMILES string of the molecule is Cc1n[nH]c(C)c1CNC1CCC(=O)N(C)C1=O. The van der Waals surface area contributed by atoms with Gasteiger partial charge in [0.2, 0.25) is 11.8 Å². The van der Waals surface area contributed by atoms with Crippen LogP contribution in [0, 0.1) is 13.8 Å². The second-order valence-electron chi connectivity index (χ2n) is 4.68. The number of hydrogen-bond acceptors (Lipinski definition) is 4. The summed E-state index contributed by atoms with van der Waals surface area (Å²) in [5.41, 5.74) is 3.03. The van der Waals surface area contributed by atoms with E-state index in [1.54, 1.807) is 0 Å². The Labute approximate surface area is 106 Å². The predicted octanol–water partition coefficient (Wildman–Crippen LogP) is 0.264. The number of aromatic amines is 1. The van der Waals surface area contributed by atoms with Crippen molar-refractivity contribution in [3.05, 3.63) is 17.0 Å². The van der Waals surface area contributed by atoms with Crippen molar-refractivity contribution in [2.75, 3.05) is 7.05 Å². The highest BCUT2D eigenvalue weighted by Crippen LogP contribution is 2.14. The third-order valence-electron chi connectivity index (χ3n) is 3.46. The fourth-order valence-electron chi connectivity index (χ4n) is 2.16. The van der Waals surface area contributed by atoms with Crippen LogP contribution in [-0.4, -0.2) is 40.0 Å². The Balaban J connectivity index is 1.99. The topological polar surface area (TPSA) is 78.1 Å². The molecule has 1 aromatic rings. The Morgan fingerprint density at radius 3 is 2.78 bits per heavy atom. The first-order valence-corrected chi connectivity index (χ1v) is 6.05. The summed E-state index contributed by atoms with van der Waals surface area (Å²) < 4.78 is 0. The maximum absolute atomic E-state index is 11.9. The highest BCUT2D eigenvalue weighted by molar-refractivity contribution is 6.00. The largest absolute Gasteiger partial charge is 0.302 e. The van der Waals surface area contributed by atoms with Gasteiger partial charge < -0.3 is 5.32 Å². The van der Waals surface area contributed by atoms with Crippen LogP contribution < -0.4 is 5.32 Å². The molecular formula is C12H18N4O2. The molecule has 1 fully saturated rings. The molecule has 1 aromatic heterocycles. The molecule has 0 spiro atoms. The second kappa shape index (κ2) is 4.89. The molecule has 1 unspecified atom stereocenters. The molecule has 2 amide bonds. The van der Waals surface area contributed by atoms with Crippen LogP contribution in [-0.2, 0) is 16.1 Å². The Hall–Kier alpha value is -1.69. The Bertz CT molecular complexity index is 461. The molecule has 1 aliphatic rings. The average Bonchev–Trinajstić information content (AvgIpc) is 2.66. The number of amides is 2. The number of nitrogens with zero attached hydrogens (tertiary/aromatic N) is 2. The van der Waals surface area contributed by atoms with Crippen LogP contribution in [0.5, 0.6) is 0 Å². The van der Waals surface area contributed by atoms with E-state index in [4.69, 9.17) is 0 Å². The maximum atomic E-state index is 11.9. The Morgan fingerprint density at radius 2 is 2.17 bits per heavy atom. The molecule has 2 heterocycles. The van der Waals surface area contributed by atoms with E-state index in [-0.39, 0.29) is 17.9 Å². The molecule has 18 heavy (non-hydrogen) atoms. The smallest absolute Gasteiger partial charge is 0.246 e. The summed E-state index contributed by atoms with van der Waals surface area (Å²) in [6.07, 6.45) is 0.987. The number of H-pyrrole nitrogens is 1. The normalized spacial score (nSPS) is 20.6. The summed E-state index contributed by atoms with van der Waals surface area (Å²) in [5.74, 6) is -0.251. The molecule has 0 saturated carbocycles. The van der Waals surface area contributed by atoms with Crippen molar-refractivity contribution in [1.29, 1.82) is 0 Å². The van der Waals surface area contributed by atoms with E-state index in [1.807, 2.05) is 13.8 Å². The van der Waals surface area contributed by atoms with Gasteiger partial charge in [-0.2, -0.15) is 5.10 Å². The highest BCUT2D eigenvalue weighted by atomic mass is 16.2. The van der Waals surface area contributed by atoms with Crippen molar-refractivity contribution >= 4 is 11.8 Å². The van der Waals surface area contributed by atoms with Crippen LogP contribution >= 0.6 is 0 Å². The first-order valence-electron chi connectivity index (χ1n) is 6.05. The first-order chi connectivity index (χ1) is 8.50. The summed E-state index contributed by atoms with van der Waals surface area (Å²) >= 11 is 0. The Morgan fingerprint density at radius 1 is 1.44 bits per heavy atom. The Kier molecular flexibility index (Phi) is 3.47. The third kappa shape index (κ3) is 2.28. The van der Waals surface area contributed by atoms with Crippen molar-refractivity contribution in [3.63, 3.8) is 0 Å². The molecule has 0 aliphatic carbocycles. The van der Waals surface area contributed by atoms with E-state index in [2.05, 4.69) is 15.5 Å². The fourth-order valence-corrected chi connectivity index (χ4v) is 2.16. The second-order valence-corrected chi connectivity index (χ2v) is 4.68. The van der Waals surface area contributed by atoms with E-state index in [0.717, 1.165) is 17.0 Å². The van der Waals surface area contributed by atoms with Gasteiger partial charge >= 0.3 is 0 Å². The van der Waals surface area contributed by atoms with Gasteiger partial charge in [0, 0.05) is 31.3 Å². The van der Waals surface area contributed by atoms with Gasteiger partial charge in [-0.15, -0.1) is 0 Å². The van der Waals surface area contributed by atoms with Crippen LogP contribution in [0.2, 0.25) is 0 Å². The lowest BCUT2D eigenvalue weighted by Gasteiger charge is -2.28. The molecule has 2 N–H and O–H groups in total. The van der Waals surface area contributed by atoms with Gasteiger partial charge in [0.05, 0.1) is 11.7 Å². The summed E-state index contributed by atoms with van der Waals surface area (Å²) in [6, 6.07) is -0.276. The van der Waals surface area contributed by atoms with Gasteiger partial charge in [-0.1, -0.05) is 0 Å². The monoisotopic (exact) mass is 250 g/mol. The fraction of sp³-hybridized carbons (Fsp3) is 0.583. The molecule has 2 rings (SSSR count). The summed E-state index contributed by atoms with van der Waals surface area (Å²) in [6.45, 7) is 4.47. The molecule has 6 heteroatoms. The van der Waals surface area contributed by atoms with Crippen molar-refractivity contribution < 1.29 is 9.59 Å². The van der Waals surface area contributed by atoms with E-state index in [9.17, 15) is 9.59 Å².